The quantitative estimate of drug-likeness (QED) is 0.546. The average Bonchev–Trinajstić information content (AvgIpc) is 2.99. The van der Waals surface area contributed by atoms with Crippen molar-refractivity contribution in [3.05, 3.63) is 50.9 Å². The summed E-state index contributed by atoms with van der Waals surface area (Å²) in [4.78, 5) is 41.2. The molecule has 0 radical (unpaired) electrons. The lowest BCUT2D eigenvalue weighted by molar-refractivity contribution is -0.121. The smallest absolute Gasteiger partial charge is 0.326 e. The number of pyridine rings is 1. The van der Waals surface area contributed by atoms with E-state index in [-0.39, 0.29) is 30.3 Å². The first-order valence-electron chi connectivity index (χ1n) is 9.80. The molecule has 0 aliphatic rings. The van der Waals surface area contributed by atoms with Gasteiger partial charge in [0.05, 0.1) is 5.52 Å². The topological polar surface area (TPSA) is 98.0 Å². The number of carbonyl (C=O) groups excluding carboxylic acids is 2. The van der Waals surface area contributed by atoms with Gasteiger partial charge in [-0.25, -0.2) is 9.78 Å². The molecule has 0 bridgehead atoms. The lowest BCUT2D eigenvalue weighted by Gasteiger charge is -2.08. The molecule has 0 saturated carbocycles. The van der Waals surface area contributed by atoms with Crippen LogP contribution in [0.2, 0.25) is 0 Å². The third kappa shape index (κ3) is 4.62. The summed E-state index contributed by atoms with van der Waals surface area (Å²) in [6.45, 7) is 6.74. The van der Waals surface area contributed by atoms with Gasteiger partial charge in [-0.3, -0.25) is 18.7 Å². The highest BCUT2D eigenvalue weighted by Crippen LogP contribution is 2.20. The zero-order chi connectivity index (χ0) is 21.8. The van der Waals surface area contributed by atoms with Crippen LogP contribution in [0.4, 0.5) is 11.5 Å². The summed E-state index contributed by atoms with van der Waals surface area (Å²) in [6.07, 6.45) is 0.0761. The summed E-state index contributed by atoms with van der Waals surface area (Å²) in [5, 5.41) is 5.49. The lowest BCUT2D eigenvalue weighted by Crippen LogP contribution is -2.23. The molecule has 0 fully saturated rings. The standard InChI is InChI=1S/C21H24BrN5O3/c1-4-26-16-8-9-17(25-20(16)27(5-2)21(26)30)24-19(29)11-10-18(28)23-14-6-7-15(22)13(3)12-14/h6-9,12H,4-5,10-11H2,1-3H3,(H,23,28)(H,24,25,29). The predicted octanol–water partition coefficient (Wildman–Crippen LogP) is 3.67. The van der Waals surface area contributed by atoms with Crippen molar-refractivity contribution in [1.29, 1.82) is 0 Å². The van der Waals surface area contributed by atoms with Gasteiger partial charge < -0.3 is 10.6 Å². The van der Waals surface area contributed by atoms with E-state index in [1.807, 2.05) is 32.9 Å². The fourth-order valence-corrected chi connectivity index (χ4v) is 3.47. The van der Waals surface area contributed by atoms with Crippen molar-refractivity contribution in [2.75, 3.05) is 10.6 Å². The van der Waals surface area contributed by atoms with Gasteiger partial charge in [0.2, 0.25) is 11.8 Å². The highest BCUT2D eigenvalue weighted by molar-refractivity contribution is 9.10. The van der Waals surface area contributed by atoms with Crippen molar-refractivity contribution in [1.82, 2.24) is 14.1 Å². The number of halogens is 1. The summed E-state index contributed by atoms with van der Waals surface area (Å²) < 4.78 is 4.18. The molecule has 3 rings (SSSR count). The van der Waals surface area contributed by atoms with Gasteiger partial charge in [0.15, 0.2) is 5.65 Å². The van der Waals surface area contributed by atoms with Crippen molar-refractivity contribution in [2.45, 2.75) is 46.7 Å². The summed E-state index contributed by atoms with van der Waals surface area (Å²) in [5.41, 5.74) is 2.84. The van der Waals surface area contributed by atoms with E-state index in [9.17, 15) is 14.4 Å². The second kappa shape index (κ2) is 9.25. The van der Waals surface area contributed by atoms with E-state index < -0.39 is 0 Å². The van der Waals surface area contributed by atoms with Crippen LogP contribution in [0.1, 0.15) is 32.3 Å². The van der Waals surface area contributed by atoms with E-state index in [0.717, 1.165) is 15.6 Å². The van der Waals surface area contributed by atoms with Crippen LogP contribution in [0, 0.1) is 6.92 Å². The normalized spacial score (nSPS) is 10.9. The second-order valence-electron chi connectivity index (χ2n) is 6.87. The Morgan fingerprint density at radius 3 is 2.30 bits per heavy atom. The van der Waals surface area contributed by atoms with Crippen LogP contribution in [0.3, 0.4) is 0 Å². The number of benzene rings is 1. The maximum atomic E-state index is 12.4. The summed E-state index contributed by atoms with van der Waals surface area (Å²) in [6, 6.07) is 8.95. The Hall–Kier alpha value is -2.94. The van der Waals surface area contributed by atoms with Crippen molar-refractivity contribution in [3.8, 4) is 0 Å². The number of rotatable bonds is 7. The Kier molecular flexibility index (Phi) is 6.71. The third-order valence-corrected chi connectivity index (χ3v) is 5.67. The number of amides is 2. The van der Waals surface area contributed by atoms with Gasteiger partial charge in [-0.2, -0.15) is 0 Å². The molecule has 2 aromatic heterocycles. The zero-order valence-corrected chi connectivity index (χ0v) is 18.7. The Morgan fingerprint density at radius 2 is 1.67 bits per heavy atom. The molecule has 8 nitrogen and oxygen atoms in total. The fraction of sp³-hybridized carbons (Fsp3) is 0.333. The SMILES string of the molecule is CCn1c(=O)n(CC)c2nc(NC(=O)CCC(=O)Nc3ccc(Br)c(C)c3)ccc21. The minimum atomic E-state index is -0.315. The molecule has 0 unspecified atom stereocenters. The number of fused-ring (bicyclic) bond motifs is 1. The molecule has 0 aliphatic heterocycles. The predicted molar refractivity (Wildman–Crippen MR) is 121 cm³/mol. The minimum Gasteiger partial charge on any atom is -0.326 e. The molecule has 0 atom stereocenters. The first kappa shape index (κ1) is 21.8. The van der Waals surface area contributed by atoms with Crippen LogP contribution in [-0.4, -0.2) is 25.9 Å². The maximum absolute atomic E-state index is 12.4. The number of hydrogen-bond donors (Lipinski definition) is 2. The maximum Gasteiger partial charge on any atom is 0.330 e. The second-order valence-corrected chi connectivity index (χ2v) is 7.72. The van der Waals surface area contributed by atoms with Gasteiger partial charge in [-0.05, 0) is 56.7 Å². The molecule has 1 aromatic carbocycles. The molecule has 2 heterocycles. The number of carbonyl (C=O) groups is 2. The Morgan fingerprint density at radius 1 is 1.00 bits per heavy atom. The van der Waals surface area contributed by atoms with Gasteiger partial charge in [0.1, 0.15) is 5.82 Å². The van der Waals surface area contributed by atoms with E-state index in [2.05, 4.69) is 31.5 Å². The van der Waals surface area contributed by atoms with E-state index >= 15 is 0 Å². The van der Waals surface area contributed by atoms with E-state index in [1.54, 1.807) is 27.3 Å². The molecule has 158 valence electrons. The number of nitrogens with zero attached hydrogens (tertiary/aromatic N) is 3. The van der Waals surface area contributed by atoms with Crippen molar-refractivity contribution >= 4 is 50.4 Å². The molecule has 3 aromatic rings. The minimum absolute atomic E-state index is 0.0254. The highest BCUT2D eigenvalue weighted by Gasteiger charge is 2.14. The van der Waals surface area contributed by atoms with Crippen LogP contribution in [0.15, 0.2) is 39.6 Å². The lowest BCUT2D eigenvalue weighted by atomic mass is 10.2. The van der Waals surface area contributed by atoms with Crippen LogP contribution in [-0.2, 0) is 22.7 Å². The Balaban J connectivity index is 1.63. The van der Waals surface area contributed by atoms with E-state index in [1.165, 1.54) is 0 Å². The average molecular weight is 474 g/mol. The van der Waals surface area contributed by atoms with Crippen LogP contribution in [0.25, 0.3) is 11.2 Å². The number of hydrogen-bond acceptors (Lipinski definition) is 4. The molecule has 30 heavy (non-hydrogen) atoms. The molecule has 0 saturated heterocycles. The van der Waals surface area contributed by atoms with Crippen LogP contribution in [0.5, 0.6) is 0 Å². The molecule has 9 heteroatoms. The molecule has 0 spiro atoms. The number of aromatic nitrogens is 3. The van der Waals surface area contributed by atoms with Gasteiger partial charge in [0.25, 0.3) is 0 Å². The summed E-state index contributed by atoms with van der Waals surface area (Å²) >= 11 is 3.42. The first-order valence-corrected chi connectivity index (χ1v) is 10.6. The van der Waals surface area contributed by atoms with Crippen molar-refractivity contribution in [3.63, 3.8) is 0 Å². The monoisotopic (exact) mass is 473 g/mol. The highest BCUT2D eigenvalue weighted by atomic mass is 79.9. The Labute approximate surface area is 182 Å². The van der Waals surface area contributed by atoms with Crippen LogP contribution >= 0.6 is 15.9 Å². The number of aryl methyl sites for hydroxylation is 3. The number of imidazole rings is 1. The van der Waals surface area contributed by atoms with E-state index in [4.69, 9.17) is 0 Å². The zero-order valence-electron chi connectivity index (χ0n) is 17.2. The molecule has 2 amide bonds. The Bertz CT molecular complexity index is 1170. The van der Waals surface area contributed by atoms with Gasteiger partial charge in [0, 0.05) is 36.1 Å². The molecule has 2 N–H and O–H groups in total. The van der Waals surface area contributed by atoms with E-state index in [0.29, 0.717) is 30.2 Å². The third-order valence-electron chi connectivity index (χ3n) is 4.78. The number of nitrogens with one attached hydrogen (secondary N) is 2. The van der Waals surface area contributed by atoms with Crippen molar-refractivity contribution < 1.29 is 9.59 Å². The largest absolute Gasteiger partial charge is 0.330 e. The van der Waals surface area contributed by atoms with Crippen molar-refractivity contribution in [2.24, 2.45) is 0 Å². The van der Waals surface area contributed by atoms with Crippen LogP contribution < -0.4 is 16.3 Å². The summed E-state index contributed by atoms with van der Waals surface area (Å²) in [7, 11) is 0. The molecular weight excluding hydrogens is 450 g/mol. The van der Waals surface area contributed by atoms with Gasteiger partial charge in [-0.15, -0.1) is 0 Å². The summed E-state index contributed by atoms with van der Waals surface area (Å²) in [5.74, 6) is -0.202. The van der Waals surface area contributed by atoms with Gasteiger partial charge >= 0.3 is 5.69 Å². The molecular formula is C21H24BrN5O3. The fourth-order valence-electron chi connectivity index (χ4n) is 3.23. The first-order chi connectivity index (χ1) is 14.3. The molecule has 0 aliphatic carbocycles. The van der Waals surface area contributed by atoms with Gasteiger partial charge in [-0.1, -0.05) is 15.9 Å². The number of anilines is 2.